The third-order valence-electron chi connectivity index (χ3n) is 1.25. The molecule has 0 aliphatic carbocycles. The van der Waals surface area contributed by atoms with Crippen molar-refractivity contribution in [3.63, 3.8) is 0 Å². The van der Waals surface area contributed by atoms with E-state index >= 15 is 0 Å². The summed E-state index contributed by atoms with van der Waals surface area (Å²) in [6.45, 7) is 1.75. The van der Waals surface area contributed by atoms with Gasteiger partial charge in [0.1, 0.15) is 5.69 Å². The molecule has 13 heavy (non-hydrogen) atoms. The second-order valence-corrected chi connectivity index (χ2v) is 2.30. The average molecular weight is 178 g/mol. The number of nitrogens with two attached hydrogens (primary N) is 2. The summed E-state index contributed by atoms with van der Waals surface area (Å²) in [7, 11) is 0. The molecule has 0 aliphatic heterocycles. The number of guanidine groups is 1. The van der Waals surface area contributed by atoms with Crippen LogP contribution in [0.25, 0.3) is 0 Å². The van der Waals surface area contributed by atoms with E-state index in [0.717, 1.165) is 0 Å². The van der Waals surface area contributed by atoms with Crippen LogP contribution in [0.15, 0.2) is 28.8 Å². The lowest BCUT2D eigenvalue weighted by Crippen LogP contribution is -2.22. The molecule has 6 nitrogen and oxygen atoms in total. The van der Waals surface area contributed by atoms with E-state index in [-0.39, 0.29) is 5.96 Å². The Morgan fingerprint density at radius 1 is 1.31 bits per heavy atom. The summed E-state index contributed by atoms with van der Waals surface area (Å²) in [5, 5.41) is 7.24. The zero-order chi connectivity index (χ0) is 9.68. The van der Waals surface area contributed by atoms with E-state index in [2.05, 4.69) is 20.2 Å². The van der Waals surface area contributed by atoms with Crippen LogP contribution in [-0.4, -0.2) is 21.6 Å². The Morgan fingerprint density at radius 3 is 2.62 bits per heavy atom. The van der Waals surface area contributed by atoms with Gasteiger partial charge >= 0.3 is 0 Å². The average Bonchev–Trinajstić information content (AvgIpc) is 2.15. The Balaban J connectivity index is 2.86. The minimum Gasteiger partial charge on any atom is -0.369 e. The smallest absolute Gasteiger partial charge is 0.211 e. The van der Waals surface area contributed by atoms with Crippen LogP contribution in [-0.2, 0) is 0 Å². The highest BCUT2D eigenvalue weighted by atomic mass is 15.3. The van der Waals surface area contributed by atoms with Gasteiger partial charge in [-0.25, -0.2) is 0 Å². The van der Waals surface area contributed by atoms with E-state index in [1.54, 1.807) is 25.5 Å². The molecule has 68 valence electrons. The molecule has 0 aromatic carbocycles. The fraction of sp³-hybridized carbons (Fsp3) is 0.143. The third-order valence-corrected chi connectivity index (χ3v) is 1.25. The van der Waals surface area contributed by atoms with Crippen molar-refractivity contribution in [3.8, 4) is 0 Å². The van der Waals surface area contributed by atoms with Crippen molar-refractivity contribution in [2.75, 3.05) is 0 Å². The van der Waals surface area contributed by atoms with E-state index in [9.17, 15) is 0 Å². The van der Waals surface area contributed by atoms with Crippen LogP contribution in [0.3, 0.4) is 0 Å². The van der Waals surface area contributed by atoms with Gasteiger partial charge in [-0.3, -0.25) is 9.97 Å². The van der Waals surface area contributed by atoms with Crippen LogP contribution in [0.5, 0.6) is 0 Å². The monoisotopic (exact) mass is 178 g/mol. The maximum absolute atomic E-state index is 5.10. The van der Waals surface area contributed by atoms with Crippen molar-refractivity contribution in [1.82, 2.24) is 9.97 Å². The van der Waals surface area contributed by atoms with Crippen molar-refractivity contribution in [3.05, 3.63) is 24.3 Å². The molecule has 0 fully saturated rings. The predicted octanol–water partition coefficient (Wildman–Crippen LogP) is -0.526. The van der Waals surface area contributed by atoms with Gasteiger partial charge in [-0.15, -0.1) is 10.2 Å². The fourth-order valence-corrected chi connectivity index (χ4v) is 0.670. The van der Waals surface area contributed by atoms with Gasteiger partial charge < -0.3 is 11.5 Å². The van der Waals surface area contributed by atoms with E-state index in [0.29, 0.717) is 11.4 Å². The Bertz CT molecular complexity index is 324. The molecular formula is C7H10N6. The number of hydrogen-bond donors (Lipinski definition) is 2. The van der Waals surface area contributed by atoms with E-state index < -0.39 is 0 Å². The van der Waals surface area contributed by atoms with Crippen molar-refractivity contribution >= 4 is 11.7 Å². The molecule has 4 N–H and O–H groups in total. The van der Waals surface area contributed by atoms with Gasteiger partial charge in [-0.2, -0.15) is 0 Å². The number of hydrogen-bond acceptors (Lipinski definition) is 4. The van der Waals surface area contributed by atoms with Crippen LogP contribution < -0.4 is 11.5 Å². The molecule has 0 radical (unpaired) electrons. The molecule has 0 amide bonds. The molecule has 1 aromatic heterocycles. The zero-order valence-electron chi connectivity index (χ0n) is 7.18. The first-order valence-corrected chi connectivity index (χ1v) is 3.59. The van der Waals surface area contributed by atoms with Gasteiger partial charge in [0.25, 0.3) is 0 Å². The molecule has 0 aliphatic rings. The molecular weight excluding hydrogens is 168 g/mol. The first kappa shape index (κ1) is 9.11. The Hall–Kier alpha value is -1.98. The summed E-state index contributed by atoms with van der Waals surface area (Å²) in [5.74, 6) is -0.0803. The summed E-state index contributed by atoms with van der Waals surface area (Å²) >= 11 is 0. The van der Waals surface area contributed by atoms with Gasteiger partial charge in [0.15, 0.2) is 0 Å². The molecule has 0 atom stereocenters. The van der Waals surface area contributed by atoms with Crippen molar-refractivity contribution < 1.29 is 0 Å². The highest BCUT2D eigenvalue weighted by Gasteiger charge is 1.96. The van der Waals surface area contributed by atoms with Crippen molar-refractivity contribution in [2.45, 2.75) is 6.92 Å². The highest BCUT2D eigenvalue weighted by molar-refractivity contribution is 5.96. The second-order valence-electron chi connectivity index (χ2n) is 2.30. The molecule has 0 unspecified atom stereocenters. The normalized spacial score (nSPS) is 11.0. The molecule has 1 aromatic rings. The number of rotatable bonds is 2. The number of nitrogens with zero attached hydrogens (tertiary/aromatic N) is 4. The predicted molar refractivity (Wildman–Crippen MR) is 50.1 cm³/mol. The molecule has 0 saturated carbocycles. The molecule has 1 heterocycles. The quantitative estimate of drug-likeness (QED) is 0.361. The third kappa shape index (κ3) is 2.86. The topological polar surface area (TPSA) is 103 Å². The van der Waals surface area contributed by atoms with Crippen molar-refractivity contribution in [1.29, 1.82) is 0 Å². The Labute approximate surface area is 75.4 Å². The van der Waals surface area contributed by atoms with Crippen molar-refractivity contribution in [2.24, 2.45) is 21.7 Å². The fourth-order valence-electron chi connectivity index (χ4n) is 0.670. The first-order chi connectivity index (χ1) is 6.20. The molecule has 6 heteroatoms. The molecule has 1 rings (SSSR count). The van der Waals surface area contributed by atoms with E-state index in [1.165, 1.54) is 0 Å². The van der Waals surface area contributed by atoms with Gasteiger partial charge in [-0.05, 0) is 6.92 Å². The van der Waals surface area contributed by atoms with Crippen LogP contribution in [0, 0.1) is 0 Å². The maximum atomic E-state index is 5.10. The molecule has 0 bridgehead atoms. The Morgan fingerprint density at radius 2 is 2.08 bits per heavy atom. The minimum atomic E-state index is -0.0803. The summed E-state index contributed by atoms with van der Waals surface area (Å²) in [6, 6.07) is 0. The van der Waals surface area contributed by atoms with Crippen LogP contribution in [0.1, 0.15) is 12.6 Å². The van der Waals surface area contributed by atoms with E-state index in [4.69, 9.17) is 11.5 Å². The maximum Gasteiger partial charge on any atom is 0.211 e. The van der Waals surface area contributed by atoms with Gasteiger partial charge in [0.2, 0.25) is 5.96 Å². The summed E-state index contributed by atoms with van der Waals surface area (Å²) in [5.41, 5.74) is 11.5. The summed E-state index contributed by atoms with van der Waals surface area (Å²) in [6.07, 6.45) is 4.74. The molecule has 0 spiro atoms. The largest absolute Gasteiger partial charge is 0.369 e. The SMILES string of the molecule is C/C(=N/N=C(N)N)c1cnccn1. The van der Waals surface area contributed by atoms with Gasteiger partial charge in [0, 0.05) is 12.4 Å². The summed E-state index contributed by atoms with van der Waals surface area (Å²) < 4.78 is 0. The van der Waals surface area contributed by atoms with E-state index in [1.807, 2.05) is 0 Å². The van der Waals surface area contributed by atoms with Gasteiger partial charge in [-0.1, -0.05) is 0 Å². The lowest BCUT2D eigenvalue weighted by molar-refractivity contribution is 1.14. The standard InChI is InChI=1S/C7H10N6/c1-5(12-13-7(8)9)6-4-10-2-3-11-6/h2-4H,1H3,(H4,8,9,13)/b12-5-. The Kier molecular flexibility index (Phi) is 2.91. The number of aromatic nitrogens is 2. The van der Waals surface area contributed by atoms with Crippen LogP contribution in [0.2, 0.25) is 0 Å². The van der Waals surface area contributed by atoms with Gasteiger partial charge in [0.05, 0.1) is 11.9 Å². The zero-order valence-corrected chi connectivity index (χ0v) is 7.18. The van der Waals surface area contributed by atoms with Crippen LogP contribution in [0.4, 0.5) is 0 Å². The second kappa shape index (κ2) is 4.15. The minimum absolute atomic E-state index is 0.0803. The van der Waals surface area contributed by atoms with Crippen LogP contribution >= 0.6 is 0 Å². The lowest BCUT2D eigenvalue weighted by Gasteiger charge is -1.94. The molecule has 0 saturated heterocycles. The summed E-state index contributed by atoms with van der Waals surface area (Å²) in [4.78, 5) is 7.89. The lowest BCUT2D eigenvalue weighted by atomic mass is 10.3. The highest BCUT2D eigenvalue weighted by Crippen LogP contribution is 1.93. The first-order valence-electron chi connectivity index (χ1n) is 3.59.